The van der Waals surface area contributed by atoms with Gasteiger partial charge in [-0.3, -0.25) is 14.9 Å². The number of hydrogen-bond acceptors (Lipinski definition) is 6. The zero-order valence-corrected chi connectivity index (χ0v) is 18.8. The van der Waals surface area contributed by atoms with Crippen LogP contribution in [0.2, 0.25) is 0 Å². The highest BCUT2D eigenvalue weighted by Crippen LogP contribution is 2.33. The van der Waals surface area contributed by atoms with E-state index in [1.54, 1.807) is 0 Å². The van der Waals surface area contributed by atoms with Crippen molar-refractivity contribution in [2.24, 2.45) is 5.92 Å². The van der Waals surface area contributed by atoms with Gasteiger partial charge in [-0.25, -0.2) is 4.98 Å². The second-order valence-corrected chi connectivity index (χ2v) is 8.40. The van der Waals surface area contributed by atoms with Gasteiger partial charge < -0.3 is 14.2 Å². The standard InChI is InChI=1S/C23H34N4O3/c1-6-16(4)21(28)25-22(29)23(5,7-2)19-15-17-18(30-19)9-10-20(24-17)27-13-11-26(8-3)12-14-27/h9-10,15-16H,6-8,11-14H2,1-5H3,(H,25,28,29). The molecular weight excluding hydrogens is 380 g/mol. The molecule has 7 heteroatoms. The summed E-state index contributed by atoms with van der Waals surface area (Å²) in [7, 11) is 0. The molecule has 2 atom stereocenters. The molecular formula is C23H34N4O3. The first-order chi connectivity index (χ1) is 14.3. The summed E-state index contributed by atoms with van der Waals surface area (Å²) < 4.78 is 6.03. The summed E-state index contributed by atoms with van der Waals surface area (Å²) >= 11 is 0. The number of nitrogens with one attached hydrogen (secondary N) is 1. The molecule has 3 rings (SSSR count). The third-order valence-corrected chi connectivity index (χ3v) is 6.55. The molecule has 2 aromatic rings. The molecule has 1 aliphatic heterocycles. The number of nitrogens with zero attached hydrogens (tertiary/aromatic N) is 3. The molecule has 1 N–H and O–H groups in total. The maximum absolute atomic E-state index is 13.0. The summed E-state index contributed by atoms with van der Waals surface area (Å²) in [5.41, 5.74) is 0.458. The summed E-state index contributed by atoms with van der Waals surface area (Å²) in [5, 5.41) is 2.57. The van der Waals surface area contributed by atoms with Crippen LogP contribution in [-0.2, 0) is 15.0 Å². The largest absolute Gasteiger partial charge is 0.458 e. The van der Waals surface area contributed by atoms with Gasteiger partial charge in [0, 0.05) is 38.2 Å². The molecule has 2 aromatic heterocycles. The minimum Gasteiger partial charge on any atom is -0.458 e. The Morgan fingerprint density at radius 2 is 1.90 bits per heavy atom. The van der Waals surface area contributed by atoms with Gasteiger partial charge in [0.2, 0.25) is 11.8 Å². The molecule has 2 amide bonds. The van der Waals surface area contributed by atoms with E-state index in [0.717, 1.165) is 44.1 Å². The van der Waals surface area contributed by atoms with Gasteiger partial charge in [0.25, 0.3) is 0 Å². The minimum absolute atomic E-state index is 0.205. The van der Waals surface area contributed by atoms with Crippen molar-refractivity contribution in [3.05, 3.63) is 24.0 Å². The van der Waals surface area contributed by atoms with Gasteiger partial charge in [0.05, 0.1) is 0 Å². The van der Waals surface area contributed by atoms with Crippen LogP contribution in [0.1, 0.15) is 53.2 Å². The fourth-order valence-corrected chi connectivity index (χ4v) is 3.66. The zero-order valence-electron chi connectivity index (χ0n) is 18.8. The van der Waals surface area contributed by atoms with E-state index in [1.807, 2.05) is 45.9 Å². The van der Waals surface area contributed by atoms with Crippen molar-refractivity contribution in [1.82, 2.24) is 15.2 Å². The quantitative estimate of drug-likeness (QED) is 0.749. The van der Waals surface area contributed by atoms with Crippen LogP contribution >= 0.6 is 0 Å². The Bertz CT molecular complexity index is 901. The number of fused-ring (bicyclic) bond motifs is 1. The number of pyridine rings is 1. The lowest BCUT2D eigenvalue weighted by Crippen LogP contribution is -2.46. The van der Waals surface area contributed by atoms with Crippen LogP contribution in [0.5, 0.6) is 0 Å². The van der Waals surface area contributed by atoms with Crippen molar-refractivity contribution in [2.75, 3.05) is 37.6 Å². The van der Waals surface area contributed by atoms with Gasteiger partial charge >= 0.3 is 0 Å². The number of aromatic nitrogens is 1. The monoisotopic (exact) mass is 414 g/mol. The number of furan rings is 1. The van der Waals surface area contributed by atoms with Gasteiger partial charge in [0.15, 0.2) is 5.58 Å². The van der Waals surface area contributed by atoms with E-state index < -0.39 is 5.41 Å². The van der Waals surface area contributed by atoms with Crippen molar-refractivity contribution in [2.45, 2.75) is 52.9 Å². The maximum Gasteiger partial charge on any atom is 0.240 e. The second kappa shape index (κ2) is 9.16. The fraction of sp³-hybridized carbons (Fsp3) is 0.609. The number of carbonyl (C=O) groups excluding carboxylic acids is 2. The van der Waals surface area contributed by atoms with Crippen LogP contribution < -0.4 is 10.2 Å². The van der Waals surface area contributed by atoms with E-state index in [1.165, 1.54) is 0 Å². The fourth-order valence-electron chi connectivity index (χ4n) is 3.66. The normalized spacial score (nSPS) is 18.2. The zero-order chi connectivity index (χ0) is 21.9. The summed E-state index contributed by atoms with van der Waals surface area (Å²) in [4.78, 5) is 34.7. The van der Waals surface area contributed by atoms with Gasteiger partial charge in [-0.1, -0.05) is 27.7 Å². The molecule has 1 saturated heterocycles. The SMILES string of the molecule is CCC(C)C(=O)NC(=O)C(C)(CC)c1cc2nc(N3CCN(CC)CC3)ccc2o1. The van der Waals surface area contributed by atoms with Crippen LogP contribution in [0.3, 0.4) is 0 Å². The van der Waals surface area contributed by atoms with E-state index in [2.05, 4.69) is 22.0 Å². The molecule has 0 radical (unpaired) electrons. The third-order valence-electron chi connectivity index (χ3n) is 6.55. The Balaban J connectivity index is 1.82. The maximum atomic E-state index is 13.0. The summed E-state index contributed by atoms with van der Waals surface area (Å²) in [6, 6.07) is 5.75. The molecule has 30 heavy (non-hydrogen) atoms. The number of anilines is 1. The molecule has 0 aromatic carbocycles. The van der Waals surface area contributed by atoms with Crippen LogP contribution in [0, 0.1) is 5.92 Å². The van der Waals surface area contributed by atoms with Gasteiger partial charge in [-0.15, -0.1) is 0 Å². The number of imide groups is 1. The van der Waals surface area contributed by atoms with E-state index >= 15 is 0 Å². The van der Waals surface area contributed by atoms with Crippen molar-refractivity contribution in [1.29, 1.82) is 0 Å². The number of amides is 2. The Hall–Kier alpha value is -2.41. The van der Waals surface area contributed by atoms with Gasteiger partial charge in [-0.2, -0.15) is 0 Å². The van der Waals surface area contributed by atoms with E-state index in [0.29, 0.717) is 24.2 Å². The smallest absolute Gasteiger partial charge is 0.240 e. The first-order valence-electron chi connectivity index (χ1n) is 11.1. The molecule has 1 aliphatic rings. The number of likely N-dealkylation sites (N-methyl/N-ethyl adjacent to an activating group) is 1. The Labute approximate surface area is 178 Å². The van der Waals surface area contributed by atoms with Crippen molar-refractivity contribution >= 4 is 28.7 Å². The molecule has 0 bridgehead atoms. The Morgan fingerprint density at radius 3 is 2.50 bits per heavy atom. The van der Waals surface area contributed by atoms with Gasteiger partial charge in [0.1, 0.15) is 22.5 Å². The van der Waals surface area contributed by atoms with E-state index in [9.17, 15) is 9.59 Å². The first kappa shape index (κ1) is 22.3. The number of rotatable bonds is 7. The summed E-state index contributed by atoms with van der Waals surface area (Å²) in [5.74, 6) is 0.688. The second-order valence-electron chi connectivity index (χ2n) is 8.40. The highest BCUT2D eigenvalue weighted by atomic mass is 16.3. The Kier molecular flexibility index (Phi) is 6.81. The number of piperazine rings is 1. The molecule has 7 nitrogen and oxygen atoms in total. The highest BCUT2D eigenvalue weighted by Gasteiger charge is 2.38. The predicted octanol–water partition coefficient (Wildman–Crippen LogP) is 3.33. The molecule has 164 valence electrons. The van der Waals surface area contributed by atoms with Crippen molar-refractivity contribution in [3.8, 4) is 0 Å². The van der Waals surface area contributed by atoms with Crippen LogP contribution in [0.25, 0.3) is 11.1 Å². The van der Waals surface area contributed by atoms with Crippen LogP contribution in [0.15, 0.2) is 22.6 Å². The molecule has 0 saturated carbocycles. The van der Waals surface area contributed by atoms with Gasteiger partial charge in [-0.05, 0) is 38.4 Å². The van der Waals surface area contributed by atoms with Crippen molar-refractivity contribution < 1.29 is 14.0 Å². The molecule has 0 spiro atoms. The molecule has 0 aliphatic carbocycles. The predicted molar refractivity (Wildman–Crippen MR) is 119 cm³/mol. The topological polar surface area (TPSA) is 78.7 Å². The van der Waals surface area contributed by atoms with Crippen LogP contribution in [0.4, 0.5) is 5.82 Å². The molecule has 2 unspecified atom stereocenters. The van der Waals surface area contributed by atoms with Crippen molar-refractivity contribution in [3.63, 3.8) is 0 Å². The third kappa shape index (κ3) is 4.36. The number of hydrogen-bond donors (Lipinski definition) is 1. The van der Waals surface area contributed by atoms with Crippen LogP contribution in [-0.4, -0.2) is 54.4 Å². The lowest BCUT2D eigenvalue weighted by Gasteiger charge is -2.34. The average Bonchev–Trinajstić information content (AvgIpc) is 3.21. The molecule has 1 fully saturated rings. The Morgan fingerprint density at radius 1 is 1.20 bits per heavy atom. The average molecular weight is 415 g/mol. The van der Waals surface area contributed by atoms with E-state index in [-0.39, 0.29) is 17.7 Å². The lowest BCUT2D eigenvalue weighted by molar-refractivity contribution is -0.135. The number of carbonyl (C=O) groups is 2. The summed E-state index contributed by atoms with van der Waals surface area (Å²) in [6.45, 7) is 14.7. The molecule has 3 heterocycles. The van der Waals surface area contributed by atoms with E-state index in [4.69, 9.17) is 9.40 Å². The highest BCUT2D eigenvalue weighted by molar-refractivity contribution is 6.01. The summed E-state index contributed by atoms with van der Waals surface area (Å²) in [6.07, 6.45) is 1.20. The first-order valence-corrected chi connectivity index (χ1v) is 11.1. The lowest BCUT2D eigenvalue weighted by atomic mass is 9.83. The minimum atomic E-state index is -0.934.